The van der Waals surface area contributed by atoms with E-state index in [9.17, 15) is 27.5 Å². The van der Waals surface area contributed by atoms with Gasteiger partial charge in [0.1, 0.15) is 5.56 Å². The molecule has 0 aromatic heterocycles. The van der Waals surface area contributed by atoms with Gasteiger partial charge in [0.05, 0.1) is 12.7 Å². The Hall–Kier alpha value is -1.63. The van der Waals surface area contributed by atoms with Gasteiger partial charge in [-0.05, 0) is 12.8 Å². The molecule has 0 atom stereocenters. The molecular weight excluding hydrogens is 268 g/mol. The van der Waals surface area contributed by atoms with E-state index < -0.39 is 52.4 Å². The molecular formula is C12H10F4O3. The molecule has 19 heavy (non-hydrogen) atoms. The summed E-state index contributed by atoms with van der Waals surface area (Å²) in [4.78, 5) is 11.1. The van der Waals surface area contributed by atoms with Crippen molar-refractivity contribution in [1.82, 2.24) is 0 Å². The minimum Gasteiger partial charge on any atom is -0.465 e. The number of carbonyl (C=O) groups excluding carboxylic acids is 1. The van der Waals surface area contributed by atoms with Crippen molar-refractivity contribution in [2.45, 2.75) is 24.9 Å². The predicted octanol–water partition coefficient (Wildman–Crippen LogP) is 2.10. The first-order valence-electron chi connectivity index (χ1n) is 5.46. The van der Waals surface area contributed by atoms with E-state index in [4.69, 9.17) is 0 Å². The van der Waals surface area contributed by atoms with Crippen LogP contribution in [0.4, 0.5) is 17.6 Å². The first kappa shape index (κ1) is 13.8. The molecule has 0 bridgehead atoms. The number of ether oxygens (including phenoxy) is 1. The highest BCUT2D eigenvalue weighted by atomic mass is 19.2. The lowest BCUT2D eigenvalue weighted by Gasteiger charge is -2.13. The number of hydrogen-bond acceptors (Lipinski definition) is 3. The SMILES string of the molecule is COC(=O)c1c(F)c(F)c(CC2(O)CC2)c(F)c1F. The maximum Gasteiger partial charge on any atom is 0.344 e. The molecule has 1 aromatic rings. The van der Waals surface area contributed by atoms with Gasteiger partial charge in [-0.15, -0.1) is 0 Å². The van der Waals surface area contributed by atoms with Gasteiger partial charge < -0.3 is 9.84 Å². The summed E-state index contributed by atoms with van der Waals surface area (Å²) in [5.41, 5.74) is -3.64. The molecule has 3 nitrogen and oxygen atoms in total. The van der Waals surface area contributed by atoms with Crippen molar-refractivity contribution < 1.29 is 32.2 Å². The summed E-state index contributed by atoms with van der Waals surface area (Å²) in [6.07, 6.45) is 0.0572. The largest absolute Gasteiger partial charge is 0.465 e. The van der Waals surface area contributed by atoms with Crippen LogP contribution < -0.4 is 0 Å². The van der Waals surface area contributed by atoms with Gasteiger partial charge in [-0.3, -0.25) is 0 Å². The smallest absolute Gasteiger partial charge is 0.344 e. The van der Waals surface area contributed by atoms with Gasteiger partial charge in [0, 0.05) is 12.0 Å². The van der Waals surface area contributed by atoms with Crippen LogP contribution in [0.1, 0.15) is 28.8 Å². The number of carbonyl (C=O) groups is 1. The monoisotopic (exact) mass is 278 g/mol. The first-order chi connectivity index (χ1) is 8.80. The predicted molar refractivity (Wildman–Crippen MR) is 55.5 cm³/mol. The van der Waals surface area contributed by atoms with Crippen LogP contribution >= 0.6 is 0 Å². The maximum absolute atomic E-state index is 13.7. The van der Waals surface area contributed by atoms with E-state index in [-0.39, 0.29) is 0 Å². The van der Waals surface area contributed by atoms with Gasteiger partial charge in [-0.25, -0.2) is 22.4 Å². The summed E-state index contributed by atoms with van der Waals surface area (Å²) in [5, 5.41) is 9.57. The van der Waals surface area contributed by atoms with Crippen LogP contribution in [0.5, 0.6) is 0 Å². The molecule has 0 amide bonds. The highest BCUT2D eigenvalue weighted by molar-refractivity contribution is 5.90. The third kappa shape index (κ3) is 2.30. The van der Waals surface area contributed by atoms with E-state index in [1.165, 1.54) is 0 Å². The second-order valence-corrected chi connectivity index (χ2v) is 4.50. The number of halogens is 4. The highest BCUT2D eigenvalue weighted by Gasteiger charge is 2.43. The van der Waals surface area contributed by atoms with E-state index in [0.717, 1.165) is 7.11 Å². The van der Waals surface area contributed by atoms with Crippen molar-refractivity contribution in [3.8, 4) is 0 Å². The average Bonchev–Trinajstić information content (AvgIpc) is 3.10. The van der Waals surface area contributed by atoms with Crippen LogP contribution in [-0.2, 0) is 11.2 Å². The number of rotatable bonds is 3. The average molecular weight is 278 g/mol. The van der Waals surface area contributed by atoms with Crippen LogP contribution in [0.15, 0.2) is 0 Å². The third-order valence-electron chi connectivity index (χ3n) is 3.08. The molecule has 0 radical (unpaired) electrons. The Bertz CT molecular complexity index is 523. The molecule has 0 spiro atoms. The van der Waals surface area contributed by atoms with Crippen LogP contribution in [0.3, 0.4) is 0 Å². The topological polar surface area (TPSA) is 46.5 Å². The van der Waals surface area contributed by atoms with Gasteiger partial charge in [-0.1, -0.05) is 0 Å². The highest BCUT2D eigenvalue weighted by Crippen LogP contribution is 2.40. The molecule has 104 valence electrons. The third-order valence-corrected chi connectivity index (χ3v) is 3.08. The van der Waals surface area contributed by atoms with Crippen molar-refractivity contribution >= 4 is 5.97 Å². The Morgan fingerprint density at radius 3 is 2.00 bits per heavy atom. The van der Waals surface area contributed by atoms with Gasteiger partial charge in [-0.2, -0.15) is 0 Å². The molecule has 1 aromatic carbocycles. The Morgan fingerprint density at radius 2 is 1.63 bits per heavy atom. The molecule has 1 fully saturated rings. The second-order valence-electron chi connectivity index (χ2n) is 4.50. The molecule has 0 unspecified atom stereocenters. The molecule has 1 N–H and O–H groups in total. The number of hydrogen-bond donors (Lipinski definition) is 1. The standard InChI is InChI=1S/C12H10F4O3/c1-19-11(17)6-9(15)7(13)5(8(14)10(6)16)4-12(18)2-3-12/h18H,2-4H2,1H3. The van der Waals surface area contributed by atoms with Crippen molar-refractivity contribution in [3.05, 3.63) is 34.4 Å². The van der Waals surface area contributed by atoms with Crippen molar-refractivity contribution in [2.24, 2.45) is 0 Å². The molecule has 7 heteroatoms. The van der Waals surface area contributed by atoms with E-state index in [2.05, 4.69) is 4.74 Å². The van der Waals surface area contributed by atoms with E-state index in [1.54, 1.807) is 0 Å². The molecule has 1 aliphatic carbocycles. The summed E-state index contributed by atoms with van der Waals surface area (Å²) in [7, 11) is 0.831. The lowest BCUT2D eigenvalue weighted by atomic mass is 10.0. The fourth-order valence-electron chi connectivity index (χ4n) is 1.76. The lowest BCUT2D eigenvalue weighted by molar-refractivity contribution is 0.0586. The summed E-state index contributed by atoms with van der Waals surface area (Å²) in [6.45, 7) is 0. The minimum atomic E-state index is -1.81. The van der Waals surface area contributed by atoms with E-state index in [1.807, 2.05) is 0 Å². The summed E-state index contributed by atoms with van der Waals surface area (Å²) in [5.74, 6) is -8.50. The maximum atomic E-state index is 13.7. The first-order valence-corrected chi connectivity index (χ1v) is 5.46. The van der Waals surface area contributed by atoms with Gasteiger partial charge in [0.25, 0.3) is 0 Å². The van der Waals surface area contributed by atoms with Crippen LogP contribution in [0, 0.1) is 23.3 Å². The summed E-state index contributed by atoms with van der Waals surface area (Å²) in [6, 6.07) is 0. The van der Waals surface area contributed by atoms with Crippen molar-refractivity contribution in [3.63, 3.8) is 0 Å². The van der Waals surface area contributed by atoms with Crippen LogP contribution in [0.25, 0.3) is 0 Å². The molecule has 0 saturated heterocycles. The molecule has 0 aliphatic heterocycles. The van der Waals surface area contributed by atoms with Gasteiger partial charge in [0.15, 0.2) is 23.3 Å². The molecule has 2 rings (SSSR count). The molecule has 0 heterocycles. The Morgan fingerprint density at radius 1 is 1.16 bits per heavy atom. The van der Waals surface area contributed by atoms with Crippen LogP contribution in [0.2, 0.25) is 0 Å². The van der Waals surface area contributed by atoms with Crippen LogP contribution in [-0.4, -0.2) is 23.8 Å². The van der Waals surface area contributed by atoms with Gasteiger partial charge in [0.2, 0.25) is 0 Å². The normalized spacial score (nSPS) is 16.3. The fraction of sp³-hybridized carbons (Fsp3) is 0.417. The summed E-state index contributed by atoms with van der Waals surface area (Å²) < 4.78 is 58.5. The quantitative estimate of drug-likeness (QED) is 0.523. The zero-order chi connectivity index (χ0) is 14.4. The van der Waals surface area contributed by atoms with Crippen molar-refractivity contribution in [2.75, 3.05) is 7.11 Å². The van der Waals surface area contributed by atoms with Crippen molar-refractivity contribution in [1.29, 1.82) is 0 Å². The Kier molecular flexibility index (Phi) is 3.25. The molecule has 1 aliphatic rings. The lowest BCUT2D eigenvalue weighted by Crippen LogP contribution is -2.19. The number of aliphatic hydroxyl groups is 1. The number of esters is 1. The summed E-state index contributed by atoms with van der Waals surface area (Å²) >= 11 is 0. The molecule has 1 saturated carbocycles. The zero-order valence-corrected chi connectivity index (χ0v) is 9.90. The Balaban J connectivity index is 2.56. The Labute approximate surface area is 105 Å². The van der Waals surface area contributed by atoms with Gasteiger partial charge >= 0.3 is 5.97 Å². The van der Waals surface area contributed by atoms with E-state index >= 15 is 0 Å². The second kappa shape index (κ2) is 4.48. The zero-order valence-electron chi connectivity index (χ0n) is 9.90. The van der Waals surface area contributed by atoms with E-state index in [0.29, 0.717) is 12.8 Å². The fourth-order valence-corrected chi connectivity index (χ4v) is 1.76. The number of benzene rings is 1. The minimum absolute atomic E-state index is 0.299. The number of methoxy groups -OCH3 is 1.